The summed E-state index contributed by atoms with van der Waals surface area (Å²) in [6, 6.07) is 17.1. The van der Waals surface area contributed by atoms with E-state index in [1.807, 2.05) is 0 Å². The first-order valence-electron chi connectivity index (χ1n) is 12.5. The highest BCUT2D eigenvalue weighted by Crippen LogP contribution is 2.25. The van der Waals surface area contributed by atoms with Crippen molar-refractivity contribution in [2.24, 2.45) is 11.8 Å². The molecule has 4 heteroatoms. The third-order valence-electron chi connectivity index (χ3n) is 6.94. The molecule has 0 saturated carbocycles. The quantitative estimate of drug-likeness (QED) is 0.574. The van der Waals surface area contributed by atoms with E-state index in [-0.39, 0.29) is 0 Å². The van der Waals surface area contributed by atoms with Gasteiger partial charge in [-0.05, 0) is 82.2 Å². The predicted molar refractivity (Wildman–Crippen MR) is 132 cm³/mol. The monoisotopic (exact) mass is 436 g/mol. The van der Waals surface area contributed by atoms with Crippen molar-refractivity contribution in [3.8, 4) is 11.5 Å². The average molecular weight is 437 g/mol. The summed E-state index contributed by atoms with van der Waals surface area (Å²) in [7, 11) is 4.44. The summed E-state index contributed by atoms with van der Waals surface area (Å²) in [5.41, 5.74) is 2.55. The molecule has 2 fully saturated rings. The SMILES string of the molecule is CN1CCCCC(COc2ccc(Cc3ccccc3OCC3CCCN(C)C3)cc2)C1. The summed E-state index contributed by atoms with van der Waals surface area (Å²) in [6.07, 6.45) is 7.33. The lowest BCUT2D eigenvalue weighted by Crippen LogP contribution is -2.34. The van der Waals surface area contributed by atoms with Gasteiger partial charge in [0.2, 0.25) is 0 Å². The molecule has 4 nitrogen and oxygen atoms in total. The van der Waals surface area contributed by atoms with Crippen molar-refractivity contribution in [3.63, 3.8) is 0 Å². The largest absolute Gasteiger partial charge is 0.493 e. The first-order chi connectivity index (χ1) is 15.7. The van der Waals surface area contributed by atoms with E-state index >= 15 is 0 Å². The topological polar surface area (TPSA) is 24.9 Å². The summed E-state index contributed by atoms with van der Waals surface area (Å²) < 4.78 is 12.4. The minimum Gasteiger partial charge on any atom is -0.493 e. The molecule has 2 unspecified atom stereocenters. The summed E-state index contributed by atoms with van der Waals surface area (Å²) in [6.45, 7) is 6.34. The van der Waals surface area contributed by atoms with Crippen LogP contribution >= 0.6 is 0 Å². The van der Waals surface area contributed by atoms with Crippen LogP contribution in [-0.4, -0.2) is 63.3 Å². The number of rotatable bonds is 8. The molecule has 2 saturated heterocycles. The van der Waals surface area contributed by atoms with Gasteiger partial charge in [-0.25, -0.2) is 0 Å². The second kappa shape index (κ2) is 11.7. The average Bonchev–Trinajstić information content (AvgIpc) is 3.02. The summed E-state index contributed by atoms with van der Waals surface area (Å²) in [4.78, 5) is 4.86. The lowest BCUT2D eigenvalue weighted by Gasteiger charge is -2.29. The predicted octanol–water partition coefficient (Wildman–Crippen LogP) is 5.11. The highest BCUT2D eigenvalue weighted by Gasteiger charge is 2.18. The number of para-hydroxylation sites is 1. The van der Waals surface area contributed by atoms with Crippen LogP contribution in [-0.2, 0) is 6.42 Å². The van der Waals surface area contributed by atoms with E-state index in [1.165, 1.54) is 56.3 Å². The molecule has 0 aliphatic carbocycles. The molecule has 2 heterocycles. The molecule has 0 N–H and O–H groups in total. The van der Waals surface area contributed by atoms with Gasteiger partial charge in [-0.15, -0.1) is 0 Å². The first kappa shape index (κ1) is 23.1. The van der Waals surface area contributed by atoms with E-state index in [0.717, 1.165) is 44.2 Å². The van der Waals surface area contributed by atoms with Gasteiger partial charge < -0.3 is 19.3 Å². The minimum atomic E-state index is 0.631. The Morgan fingerprint density at radius 3 is 2.16 bits per heavy atom. The Bertz CT molecular complexity index is 822. The zero-order chi connectivity index (χ0) is 22.2. The zero-order valence-corrected chi connectivity index (χ0v) is 20.0. The van der Waals surface area contributed by atoms with E-state index in [9.17, 15) is 0 Å². The fourth-order valence-corrected chi connectivity index (χ4v) is 5.12. The van der Waals surface area contributed by atoms with E-state index in [2.05, 4.69) is 72.4 Å². The van der Waals surface area contributed by atoms with Crippen molar-refractivity contribution in [2.45, 2.75) is 38.5 Å². The van der Waals surface area contributed by atoms with Crippen LogP contribution in [0.25, 0.3) is 0 Å². The molecular weight excluding hydrogens is 396 g/mol. The maximum Gasteiger partial charge on any atom is 0.122 e. The molecule has 2 aliphatic heterocycles. The van der Waals surface area contributed by atoms with Crippen molar-refractivity contribution in [3.05, 3.63) is 59.7 Å². The van der Waals surface area contributed by atoms with Gasteiger partial charge in [0.15, 0.2) is 0 Å². The van der Waals surface area contributed by atoms with E-state index in [4.69, 9.17) is 9.47 Å². The Kier molecular flexibility index (Phi) is 8.47. The van der Waals surface area contributed by atoms with Crippen molar-refractivity contribution < 1.29 is 9.47 Å². The van der Waals surface area contributed by atoms with E-state index < -0.39 is 0 Å². The fraction of sp³-hybridized carbons (Fsp3) is 0.571. The molecule has 174 valence electrons. The van der Waals surface area contributed by atoms with Crippen molar-refractivity contribution in [2.75, 3.05) is 53.5 Å². The van der Waals surface area contributed by atoms with Crippen LogP contribution in [0.4, 0.5) is 0 Å². The van der Waals surface area contributed by atoms with Crippen LogP contribution in [0.3, 0.4) is 0 Å². The third-order valence-corrected chi connectivity index (χ3v) is 6.94. The second-order valence-corrected chi connectivity index (χ2v) is 9.95. The van der Waals surface area contributed by atoms with Crippen molar-refractivity contribution in [1.29, 1.82) is 0 Å². The second-order valence-electron chi connectivity index (χ2n) is 9.95. The molecule has 32 heavy (non-hydrogen) atoms. The van der Waals surface area contributed by atoms with Crippen LogP contribution in [0.2, 0.25) is 0 Å². The molecule has 2 aromatic carbocycles. The molecule has 0 radical (unpaired) electrons. The van der Waals surface area contributed by atoms with Crippen LogP contribution in [0.5, 0.6) is 11.5 Å². The molecular formula is C28H40N2O2. The Hall–Kier alpha value is -2.04. The summed E-state index contributed by atoms with van der Waals surface area (Å²) in [5.74, 6) is 3.27. The molecule has 0 spiro atoms. The highest BCUT2D eigenvalue weighted by atomic mass is 16.5. The Balaban J connectivity index is 1.29. The molecule has 2 aliphatic rings. The number of piperidine rings is 1. The molecule has 0 aromatic heterocycles. The van der Waals surface area contributed by atoms with Crippen LogP contribution in [0, 0.1) is 11.8 Å². The lowest BCUT2D eigenvalue weighted by molar-refractivity contribution is 0.150. The van der Waals surface area contributed by atoms with Gasteiger partial charge in [-0.3, -0.25) is 0 Å². The number of ether oxygens (including phenoxy) is 2. The van der Waals surface area contributed by atoms with Gasteiger partial charge in [0.25, 0.3) is 0 Å². The number of nitrogens with zero attached hydrogens (tertiary/aromatic N) is 2. The number of hydrogen-bond acceptors (Lipinski definition) is 4. The van der Waals surface area contributed by atoms with Crippen LogP contribution in [0.15, 0.2) is 48.5 Å². The smallest absolute Gasteiger partial charge is 0.122 e. The minimum absolute atomic E-state index is 0.631. The van der Waals surface area contributed by atoms with E-state index in [1.54, 1.807) is 0 Å². The normalized spacial score (nSPS) is 22.9. The van der Waals surface area contributed by atoms with E-state index in [0.29, 0.717) is 11.8 Å². The Labute approximate surface area is 194 Å². The Morgan fingerprint density at radius 2 is 1.41 bits per heavy atom. The van der Waals surface area contributed by atoms with Crippen LogP contribution < -0.4 is 9.47 Å². The molecule has 4 rings (SSSR count). The fourth-order valence-electron chi connectivity index (χ4n) is 5.12. The van der Waals surface area contributed by atoms with Crippen molar-refractivity contribution >= 4 is 0 Å². The van der Waals surface area contributed by atoms with Crippen molar-refractivity contribution in [1.82, 2.24) is 9.80 Å². The van der Waals surface area contributed by atoms with Gasteiger partial charge in [0.05, 0.1) is 13.2 Å². The molecule has 0 bridgehead atoms. The Morgan fingerprint density at radius 1 is 0.750 bits per heavy atom. The van der Waals surface area contributed by atoms with Gasteiger partial charge in [-0.2, -0.15) is 0 Å². The van der Waals surface area contributed by atoms with Gasteiger partial charge in [0, 0.05) is 31.3 Å². The zero-order valence-electron chi connectivity index (χ0n) is 20.0. The standard InChI is InChI=1S/C28H40N2O2/c1-29-16-6-5-8-24(19-29)21-31-27-14-12-23(13-15-27)18-26-10-3-4-11-28(26)32-22-25-9-7-17-30(2)20-25/h3-4,10-15,24-25H,5-9,16-22H2,1-2H3. The lowest BCUT2D eigenvalue weighted by atomic mass is 9.99. The maximum atomic E-state index is 6.29. The number of hydrogen-bond donors (Lipinski definition) is 0. The van der Waals surface area contributed by atoms with Crippen LogP contribution in [0.1, 0.15) is 43.2 Å². The first-order valence-corrected chi connectivity index (χ1v) is 12.5. The summed E-state index contributed by atoms with van der Waals surface area (Å²) >= 11 is 0. The van der Waals surface area contributed by atoms with Gasteiger partial charge in [0.1, 0.15) is 11.5 Å². The molecule has 2 atom stereocenters. The number of likely N-dealkylation sites (tertiary alicyclic amines) is 2. The molecule has 2 aromatic rings. The maximum absolute atomic E-state index is 6.29. The third kappa shape index (κ3) is 6.98. The number of benzene rings is 2. The highest BCUT2D eigenvalue weighted by molar-refractivity contribution is 5.38. The van der Waals surface area contributed by atoms with Gasteiger partial charge in [-0.1, -0.05) is 36.8 Å². The summed E-state index contributed by atoms with van der Waals surface area (Å²) in [5, 5.41) is 0. The molecule has 0 amide bonds. The van der Waals surface area contributed by atoms with Gasteiger partial charge >= 0.3 is 0 Å².